The fourth-order valence-electron chi connectivity index (χ4n) is 7.05. The second-order valence-electron chi connectivity index (χ2n) is 11.5. The van der Waals surface area contributed by atoms with Crippen molar-refractivity contribution < 1.29 is 33.1 Å². The van der Waals surface area contributed by atoms with Gasteiger partial charge >= 0.3 is 7.60 Å². The van der Waals surface area contributed by atoms with Gasteiger partial charge in [0.1, 0.15) is 18.4 Å². The number of halogens is 2. The van der Waals surface area contributed by atoms with E-state index in [9.17, 15) is 33.1 Å². The molecule has 12 heteroatoms. The van der Waals surface area contributed by atoms with Gasteiger partial charge in [-0.3, -0.25) is 18.9 Å². The molecule has 2 fully saturated rings. The van der Waals surface area contributed by atoms with E-state index in [1.807, 2.05) is 13.8 Å². The van der Waals surface area contributed by atoms with Crippen molar-refractivity contribution >= 4 is 53.0 Å². The van der Waals surface area contributed by atoms with Gasteiger partial charge in [0.2, 0.25) is 11.8 Å². The van der Waals surface area contributed by atoms with E-state index in [-0.39, 0.29) is 58.5 Å². The maximum Gasteiger partial charge on any atom is 0.356 e. The Morgan fingerprint density at radius 1 is 1.12 bits per heavy atom. The number of benzene rings is 2. The van der Waals surface area contributed by atoms with Crippen molar-refractivity contribution in [2.75, 3.05) is 0 Å². The lowest BCUT2D eigenvalue weighted by molar-refractivity contribution is -0.141. The number of fused-ring (bicyclic) bond motifs is 2. The molecule has 1 aromatic heterocycles. The SMILES string of the molecule is CCc1cc(P(=O)(O)O)cc2c1c(C(C)=O)c(CC)n2CC(=O)N1[C@@H]2CCC[C@@H]2C[C@H]1C(=O)NCc1cccc(Cl)c1F. The van der Waals surface area contributed by atoms with Crippen molar-refractivity contribution in [3.63, 3.8) is 0 Å². The molecule has 9 nitrogen and oxygen atoms in total. The number of nitrogens with one attached hydrogen (secondary N) is 1. The average Bonchev–Trinajstić information content (AvgIpc) is 3.64. The van der Waals surface area contributed by atoms with Gasteiger partial charge in [0.25, 0.3) is 0 Å². The van der Waals surface area contributed by atoms with E-state index in [2.05, 4.69) is 5.32 Å². The van der Waals surface area contributed by atoms with Gasteiger partial charge in [0.05, 0.1) is 15.8 Å². The van der Waals surface area contributed by atoms with Crippen LogP contribution in [0.1, 0.15) is 73.6 Å². The molecule has 1 aliphatic carbocycles. The molecule has 43 heavy (non-hydrogen) atoms. The quantitative estimate of drug-likeness (QED) is 0.233. The lowest BCUT2D eigenvalue weighted by atomic mass is 10.00. The van der Waals surface area contributed by atoms with Crippen LogP contribution in [0.2, 0.25) is 5.02 Å². The van der Waals surface area contributed by atoms with Crippen LogP contribution < -0.4 is 10.6 Å². The highest BCUT2D eigenvalue weighted by Gasteiger charge is 2.48. The number of carbonyl (C=O) groups is 3. The molecule has 0 spiro atoms. The number of rotatable bonds is 9. The second-order valence-corrected chi connectivity index (χ2v) is 13.5. The number of carbonyl (C=O) groups excluding carboxylic acids is 3. The number of hydrogen-bond acceptors (Lipinski definition) is 4. The summed E-state index contributed by atoms with van der Waals surface area (Å²) in [6.07, 6.45) is 3.93. The van der Waals surface area contributed by atoms with Crippen LogP contribution in [0.4, 0.5) is 4.39 Å². The Kier molecular flexibility index (Phi) is 8.87. The molecular formula is C31H36ClFN3O6P. The smallest absolute Gasteiger partial charge is 0.350 e. The van der Waals surface area contributed by atoms with Crippen molar-refractivity contribution in [2.45, 2.75) is 84.5 Å². The summed E-state index contributed by atoms with van der Waals surface area (Å²) in [6.45, 7) is 4.89. The number of hydrogen-bond donors (Lipinski definition) is 3. The van der Waals surface area contributed by atoms with Crippen molar-refractivity contribution in [3.05, 3.63) is 63.6 Å². The maximum absolute atomic E-state index is 14.5. The largest absolute Gasteiger partial charge is 0.356 e. The Morgan fingerprint density at radius 3 is 2.51 bits per heavy atom. The van der Waals surface area contributed by atoms with E-state index in [1.54, 1.807) is 21.6 Å². The number of ketones is 1. The first-order valence-corrected chi connectivity index (χ1v) is 16.6. The average molecular weight is 632 g/mol. The molecule has 1 aliphatic heterocycles. The molecule has 0 radical (unpaired) electrons. The Labute approximate surface area is 254 Å². The van der Waals surface area contributed by atoms with Crippen LogP contribution in [-0.2, 0) is 40.1 Å². The van der Waals surface area contributed by atoms with E-state index in [1.165, 1.54) is 25.1 Å². The minimum Gasteiger partial charge on any atom is -0.350 e. The zero-order valence-electron chi connectivity index (χ0n) is 24.4. The van der Waals surface area contributed by atoms with Crippen LogP contribution in [0, 0.1) is 11.7 Å². The zero-order chi connectivity index (χ0) is 31.2. The predicted octanol–water partition coefficient (Wildman–Crippen LogP) is 4.65. The highest BCUT2D eigenvalue weighted by molar-refractivity contribution is 7.60. The molecule has 0 unspecified atom stereocenters. The van der Waals surface area contributed by atoms with Crippen molar-refractivity contribution in [1.29, 1.82) is 0 Å². The number of nitrogens with zero attached hydrogens (tertiary/aromatic N) is 2. The Balaban J connectivity index is 1.52. The van der Waals surface area contributed by atoms with Crippen LogP contribution in [0.25, 0.3) is 10.9 Å². The van der Waals surface area contributed by atoms with Gasteiger partial charge < -0.3 is 24.6 Å². The third-order valence-electron chi connectivity index (χ3n) is 8.95. The first-order valence-electron chi connectivity index (χ1n) is 14.6. The van der Waals surface area contributed by atoms with Crippen LogP contribution in [0.15, 0.2) is 30.3 Å². The molecule has 2 aliphatic rings. The highest BCUT2D eigenvalue weighted by Crippen LogP contribution is 2.42. The van der Waals surface area contributed by atoms with Crippen LogP contribution in [0.5, 0.6) is 0 Å². The van der Waals surface area contributed by atoms with Gasteiger partial charge in [-0.15, -0.1) is 0 Å². The van der Waals surface area contributed by atoms with Crippen LogP contribution >= 0.6 is 19.2 Å². The Morgan fingerprint density at radius 2 is 1.86 bits per heavy atom. The lowest BCUT2D eigenvalue weighted by Gasteiger charge is -2.30. The minimum atomic E-state index is -4.63. The number of Topliss-reactive ketones (excluding diaryl/α,β-unsaturated/α-hetero) is 1. The topological polar surface area (TPSA) is 129 Å². The fraction of sp³-hybridized carbons (Fsp3) is 0.452. The van der Waals surface area contributed by atoms with Crippen molar-refractivity contribution in [3.8, 4) is 0 Å². The Bertz CT molecular complexity index is 1670. The summed E-state index contributed by atoms with van der Waals surface area (Å²) in [6, 6.07) is 6.52. The summed E-state index contributed by atoms with van der Waals surface area (Å²) in [5, 5.41) is 3.16. The third kappa shape index (κ3) is 5.78. The van der Waals surface area contributed by atoms with Gasteiger partial charge in [0, 0.05) is 34.8 Å². The third-order valence-corrected chi connectivity index (χ3v) is 10.2. The second kappa shape index (κ2) is 12.2. The molecule has 3 N–H and O–H groups in total. The number of amides is 2. The first kappa shape index (κ1) is 31.4. The molecular weight excluding hydrogens is 596 g/mol. The number of likely N-dealkylation sites (tertiary alicyclic amines) is 1. The standard InChI is InChI=1S/C31H36ClFN3O6P/c1-4-18-12-21(43(40,41)42)14-25-29(18)28(17(3)37)23(5-2)35(25)16-27(38)36-24-11-7-8-19(24)13-26(36)31(39)34-15-20-9-6-10-22(32)30(20)33/h6,9-10,12,14,19,24,26H,4-5,7-8,11,13,15-16H2,1-3H3,(H,34,39)(H2,40,41,42)/t19-,24-,26+/m1/s1. The van der Waals surface area contributed by atoms with Gasteiger partial charge in [-0.05, 0) is 68.7 Å². The van der Waals surface area contributed by atoms with E-state index >= 15 is 0 Å². The van der Waals surface area contributed by atoms with E-state index < -0.39 is 19.5 Å². The van der Waals surface area contributed by atoms with Gasteiger partial charge in [-0.1, -0.05) is 44.0 Å². The van der Waals surface area contributed by atoms with Crippen molar-refractivity contribution in [2.24, 2.45) is 5.92 Å². The maximum atomic E-state index is 14.5. The molecule has 5 rings (SSSR count). The van der Waals surface area contributed by atoms with Gasteiger partial charge in [0.15, 0.2) is 5.78 Å². The summed E-state index contributed by atoms with van der Waals surface area (Å²) in [5.41, 5.74) is 2.32. The fourth-order valence-corrected chi connectivity index (χ4v) is 7.86. The summed E-state index contributed by atoms with van der Waals surface area (Å²) in [7, 11) is -4.63. The molecule has 1 saturated carbocycles. The minimum absolute atomic E-state index is 0.0392. The Hall–Kier alpha value is -3.04. The van der Waals surface area contributed by atoms with E-state index in [0.717, 1.165) is 19.3 Å². The number of aromatic nitrogens is 1. The lowest BCUT2D eigenvalue weighted by Crippen LogP contribution is -2.49. The first-order chi connectivity index (χ1) is 20.4. The molecule has 230 valence electrons. The summed E-state index contributed by atoms with van der Waals surface area (Å²) in [4.78, 5) is 62.2. The zero-order valence-corrected chi connectivity index (χ0v) is 26.1. The monoisotopic (exact) mass is 631 g/mol. The highest BCUT2D eigenvalue weighted by atomic mass is 35.5. The predicted molar refractivity (Wildman–Crippen MR) is 162 cm³/mol. The van der Waals surface area contributed by atoms with E-state index in [4.69, 9.17) is 11.6 Å². The van der Waals surface area contributed by atoms with E-state index in [0.29, 0.717) is 47.0 Å². The van der Waals surface area contributed by atoms with Crippen molar-refractivity contribution in [1.82, 2.24) is 14.8 Å². The molecule has 2 aromatic carbocycles. The van der Waals surface area contributed by atoms with Gasteiger partial charge in [-0.25, -0.2) is 4.39 Å². The molecule has 2 amide bonds. The molecule has 2 heterocycles. The van der Waals surface area contributed by atoms with Gasteiger partial charge in [-0.2, -0.15) is 0 Å². The molecule has 1 saturated heterocycles. The summed E-state index contributed by atoms with van der Waals surface area (Å²) in [5.74, 6) is -1.33. The van der Waals surface area contributed by atoms with Crippen LogP contribution in [-0.4, -0.2) is 48.9 Å². The summed E-state index contributed by atoms with van der Waals surface area (Å²) < 4.78 is 28.4. The summed E-state index contributed by atoms with van der Waals surface area (Å²) >= 11 is 5.90. The van der Waals surface area contributed by atoms with Crippen LogP contribution in [0.3, 0.4) is 0 Å². The number of aryl methyl sites for hydroxylation is 1. The normalized spacial score (nSPS) is 20.1. The molecule has 3 atom stereocenters. The molecule has 0 bridgehead atoms. The molecule has 3 aromatic rings.